The molecule has 0 aliphatic carbocycles. The highest BCUT2D eigenvalue weighted by Gasteiger charge is 2.32. The Hall–Kier alpha value is -3.08. The number of aromatic nitrogens is 2. The molecule has 0 unspecified atom stereocenters. The predicted molar refractivity (Wildman–Crippen MR) is 120 cm³/mol. The Kier molecular flexibility index (Phi) is 6.12. The number of pyridine rings is 1. The number of benzene rings is 1. The van der Waals surface area contributed by atoms with Crippen LogP contribution in [0.4, 0.5) is 4.39 Å². The summed E-state index contributed by atoms with van der Waals surface area (Å²) in [7, 11) is 1.54. The largest absolute Gasteiger partial charge is 0.438 e. The number of rotatable bonds is 6. The maximum Gasteiger partial charge on any atom is 0.269 e. The molecule has 0 radical (unpaired) electrons. The Morgan fingerprint density at radius 1 is 1.19 bits per heavy atom. The third-order valence-corrected chi connectivity index (χ3v) is 5.81. The molecule has 0 spiro atoms. The highest BCUT2D eigenvalue weighted by atomic mass is 32.2. The molecule has 158 valence electrons. The number of methoxy groups -OCH3 is 1. The van der Waals surface area contributed by atoms with Crippen LogP contribution in [-0.4, -0.2) is 44.8 Å². The van der Waals surface area contributed by atoms with Gasteiger partial charge in [0.1, 0.15) is 27.1 Å². The standard InChI is InChI=1S/C21H16FN3O4S2/c1-28-11-10-25-20(27)16(31-21(25)30)12-15-18(29-14-7-5-13(22)6-8-14)23-17-4-2-3-9-24(17)19(15)26/h2-9,12H,10-11H2,1H3/b16-12-. The molecule has 1 aliphatic heterocycles. The molecular weight excluding hydrogens is 441 g/mol. The summed E-state index contributed by atoms with van der Waals surface area (Å²) >= 11 is 6.38. The molecule has 31 heavy (non-hydrogen) atoms. The molecule has 1 fully saturated rings. The van der Waals surface area contributed by atoms with Crippen molar-refractivity contribution >= 4 is 45.9 Å². The van der Waals surface area contributed by atoms with E-state index < -0.39 is 11.4 Å². The first-order chi connectivity index (χ1) is 15.0. The molecule has 0 saturated carbocycles. The number of hydrogen-bond acceptors (Lipinski definition) is 7. The Morgan fingerprint density at radius 3 is 2.71 bits per heavy atom. The van der Waals surface area contributed by atoms with Crippen molar-refractivity contribution in [2.75, 3.05) is 20.3 Å². The summed E-state index contributed by atoms with van der Waals surface area (Å²) in [5, 5.41) is 0. The van der Waals surface area contributed by atoms with Gasteiger partial charge in [-0.3, -0.25) is 18.9 Å². The number of thiocarbonyl (C=S) groups is 1. The highest BCUT2D eigenvalue weighted by molar-refractivity contribution is 8.26. The van der Waals surface area contributed by atoms with E-state index in [1.807, 2.05) is 0 Å². The number of fused-ring (bicyclic) bond motifs is 1. The Morgan fingerprint density at radius 2 is 1.97 bits per heavy atom. The second kappa shape index (κ2) is 8.96. The molecule has 10 heteroatoms. The first kappa shape index (κ1) is 21.2. The van der Waals surface area contributed by atoms with E-state index in [2.05, 4.69) is 4.98 Å². The van der Waals surface area contributed by atoms with Gasteiger partial charge in [-0.05, 0) is 42.5 Å². The number of ether oxygens (including phenoxy) is 2. The molecule has 1 aliphatic rings. The summed E-state index contributed by atoms with van der Waals surface area (Å²) in [5.74, 6) is -0.433. The second-order valence-corrected chi connectivity index (χ2v) is 8.12. The molecule has 1 saturated heterocycles. The first-order valence-electron chi connectivity index (χ1n) is 9.17. The zero-order chi connectivity index (χ0) is 22.0. The van der Waals surface area contributed by atoms with Crippen molar-refractivity contribution in [1.82, 2.24) is 14.3 Å². The minimum atomic E-state index is -0.418. The van der Waals surface area contributed by atoms with E-state index >= 15 is 0 Å². The Labute approximate surface area is 186 Å². The van der Waals surface area contributed by atoms with Gasteiger partial charge in [-0.2, -0.15) is 4.98 Å². The van der Waals surface area contributed by atoms with E-state index in [-0.39, 0.29) is 22.3 Å². The number of halogens is 1. The van der Waals surface area contributed by atoms with E-state index in [0.717, 1.165) is 11.8 Å². The molecule has 7 nitrogen and oxygen atoms in total. The fourth-order valence-corrected chi connectivity index (χ4v) is 4.19. The lowest BCUT2D eigenvalue weighted by Gasteiger charge is -2.13. The summed E-state index contributed by atoms with van der Waals surface area (Å²) in [5.41, 5.74) is 0.0412. The summed E-state index contributed by atoms with van der Waals surface area (Å²) in [6.45, 7) is 0.644. The number of thioether (sulfide) groups is 1. The summed E-state index contributed by atoms with van der Waals surface area (Å²) < 4.78 is 25.8. The zero-order valence-corrected chi connectivity index (χ0v) is 17.9. The average molecular weight is 458 g/mol. The van der Waals surface area contributed by atoms with Crippen molar-refractivity contribution in [2.45, 2.75) is 0 Å². The third-order valence-electron chi connectivity index (χ3n) is 4.43. The van der Waals surface area contributed by atoms with Crippen LogP contribution in [-0.2, 0) is 9.53 Å². The Balaban J connectivity index is 1.80. The van der Waals surface area contributed by atoms with Crippen LogP contribution in [0.2, 0.25) is 0 Å². The molecule has 3 aromatic rings. The van der Waals surface area contributed by atoms with Crippen LogP contribution in [0.5, 0.6) is 11.6 Å². The van der Waals surface area contributed by atoms with Crippen LogP contribution in [0.15, 0.2) is 58.4 Å². The summed E-state index contributed by atoms with van der Waals surface area (Å²) in [6, 6.07) is 10.4. The molecule has 1 aromatic carbocycles. The molecule has 0 bridgehead atoms. The smallest absolute Gasteiger partial charge is 0.269 e. The zero-order valence-electron chi connectivity index (χ0n) is 16.3. The van der Waals surface area contributed by atoms with Gasteiger partial charge in [-0.1, -0.05) is 30.0 Å². The average Bonchev–Trinajstić information content (AvgIpc) is 3.03. The molecule has 4 rings (SSSR count). The predicted octanol–water partition coefficient (Wildman–Crippen LogP) is 3.47. The summed E-state index contributed by atoms with van der Waals surface area (Å²) in [6.07, 6.45) is 3.01. The van der Waals surface area contributed by atoms with E-state index in [4.69, 9.17) is 21.7 Å². The fourth-order valence-electron chi connectivity index (χ4n) is 2.90. The van der Waals surface area contributed by atoms with Crippen molar-refractivity contribution in [3.63, 3.8) is 0 Å². The van der Waals surface area contributed by atoms with Crippen molar-refractivity contribution in [1.29, 1.82) is 0 Å². The van der Waals surface area contributed by atoms with Crippen molar-refractivity contribution in [3.05, 3.63) is 75.3 Å². The quantitative estimate of drug-likeness (QED) is 0.415. The molecule has 3 heterocycles. The molecule has 0 atom stereocenters. The highest BCUT2D eigenvalue weighted by Crippen LogP contribution is 2.33. The maximum atomic E-state index is 13.3. The van der Waals surface area contributed by atoms with Gasteiger partial charge in [-0.25, -0.2) is 4.39 Å². The number of carbonyl (C=O) groups excluding carboxylic acids is 1. The van der Waals surface area contributed by atoms with E-state index in [9.17, 15) is 14.0 Å². The lowest BCUT2D eigenvalue weighted by Crippen LogP contribution is -2.31. The van der Waals surface area contributed by atoms with Gasteiger partial charge < -0.3 is 9.47 Å². The molecule has 0 N–H and O–H groups in total. The van der Waals surface area contributed by atoms with Gasteiger partial charge in [-0.15, -0.1) is 0 Å². The van der Waals surface area contributed by atoms with Gasteiger partial charge in [0.25, 0.3) is 11.5 Å². The van der Waals surface area contributed by atoms with E-state index in [1.54, 1.807) is 24.4 Å². The monoisotopic (exact) mass is 457 g/mol. The third kappa shape index (κ3) is 4.36. The van der Waals surface area contributed by atoms with Crippen molar-refractivity contribution in [2.24, 2.45) is 0 Å². The van der Waals surface area contributed by atoms with Crippen LogP contribution in [0.3, 0.4) is 0 Å². The van der Waals surface area contributed by atoms with Gasteiger partial charge in [0.2, 0.25) is 5.88 Å². The molecular formula is C21H16FN3O4S2. The minimum Gasteiger partial charge on any atom is -0.438 e. The van der Waals surface area contributed by atoms with Crippen LogP contribution < -0.4 is 10.3 Å². The number of hydrogen-bond donors (Lipinski definition) is 0. The summed E-state index contributed by atoms with van der Waals surface area (Å²) in [4.78, 5) is 32.1. The topological polar surface area (TPSA) is 73.1 Å². The maximum absolute atomic E-state index is 13.3. The fraction of sp³-hybridized carbons (Fsp3) is 0.143. The number of amides is 1. The number of carbonyl (C=O) groups is 1. The van der Waals surface area contributed by atoms with Crippen LogP contribution in [0, 0.1) is 5.82 Å². The van der Waals surface area contributed by atoms with Crippen LogP contribution in [0.1, 0.15) is 5.56 Å². The van der Waals surface area contributed by atoms with Crippen molar-refractivity contribution < 1.29 is 18.7 Å². The van der Waals surface area contributed by atoms with Gasteiger partial charge in [0.05, 0.1) is 18.1 Å². The van der Waals surface area contributed by atoms with Gasteiger partial charge >= 0.3 is 0 Å². The lowest BCUT2D eigenvalue weighted by molar-refractivity contribution is -0.122. The molecule has 1 amide bonds. The Bertz CT molecular complexity index is 1260. The first-order valence-corrected chi connectivity index (χ1v) is 10.4. The van der Waals surface area contributed by atoms with Crippen LogP contribution >= 0.6 is 24.0 Å². The van der Waals surface area contributed by atoms with Crippen LogP contribution in [0.25, 0.3) is 11.7 Å². The minimum absolute atomic E-state index is 0.00460. The second-order valence-electron chi connectivity index (χ2n) is 6.45. The van der Waals surface area contributed by atoms with Gasteiger partial charge in [0.15, 0.2) is 0 Å². The van der Waals surface area contributed by atoms with Gasteiger partial charge in [0, 0.05) is 13.3 Å². The SMILES string of the molecule is COCCN1C(=O)/C(=C/c2c(Oc3ccc(F)cc3)nc3ccccn3c2=O)SC1=S. The molecule has 2 aromatic heterocycles. The normalized spacial score (nSPS) is 15.3. The number of nitrogens with zero attached hydrogens (tertiary/aromatic N) is 3. The van der Waals surface area contributed by atoms with Crippen molar-refractivity contribution in [3.8, 4) is 11.6 Å². The van der Waals surface area contributed by atoms with E-state index in [0.29, 0.717) is 28.9 Å². The van der Waals surface area contributed by atoms with E-state index in [1.165, 1.54) is 46.8 Å². The lowest BCUT2D eigenvalue weighted by atomic mass is 10.2.